The van der Waals surface area contributed by atoms with Crippen molar-refractivity contribution in [3.63, 3.8) is 0 Å². The van der Waals surface area contributed by atoms with Gasteiger partial charge in [0, 0.05) is 29.2 Å². The molecule has 5 heteroatoms. The summed E-state index contributed by atoms with van der Waals surface area (Å²) in [6, 6.07) is 5.26. The van der Waals surface area contributed by atoms with Crippen LogP contribution in [0.15, 0.2) is 18.2 Å². The minimum atomic E-state index is -0.671. The summed E-state index contributed by atoms with van der Waals surface area (Å²) in [5, 5.41) is 14.7. The third kappa shape index (κ3) is 2.07. The van der Waals surface area contributed by atoms with E-state index in [4.69, 9.17) is 11.6 Å². The zero-order valence-corrected chi connectivity index (χ0v) is 12.4. The monoisotopic (exact) mass is 294 g/mol. The molecular formula is C15H19ClN2O2. The van der Waals surface area contributed by atoms with Gasteiger partial charge < -0.3 is 15.3 Å². The quantitative estimate of drug-likeness (QED) is 0.837. The molecule has 2 N–H and O–H groups in total. The fraction of sp³-hybridized carbons (Fsp3) is 0.533. The number of halogens is 1. The van der Waals surface area contributed by atoms with Gasteiger partial charge in [0.1, 0.15) is 6.10 Å². The molecule has 0 spiro atoms. The molecule has 20 heavy (non-hydrogen) atoms. The Labute approximate surface area is 123 Å². The van der Waals surface area contributed by atoms with E-state index in [1.807, 2.05) is 32.0 Å². The summed E-state index contributed by atoms with van der Waals surface area (Å²) in [4.78, 5) is 13.9. The average Bonchev–Trinajstić information content (AvgIpc) is 2.78. The summed E-state index contributed by atoms with van der Waals surface area (Å²) in [6.45, 7) is 4.59. The van der Waals surface area contributed by atoms with E-state index in [-0.39, 0.29) is 11.9 Å². The first-order valence-corrected chi connectivity index (χ1v) is 7.33. The van der Waals surface area contributed by atoms with Gasteiger partial charge in [0.15, 0.2) is 0 Å². The lowest BCUT2D eigenvalue weighted by atomic mass is 9.82. The van der Waals surface area contributed by atoms with Crippen molar-refractivity contribution in [2.45, 2.75) is 44.4 Å². The van der Waals surface area contributed by atoms with Gasteiger partial charge in [0.25, 0.3) is 0 Å². The van der Waals surface area contributed by atoms with Crippen LogP contribution in [0.1, 0.15) is 38.3 Å². The summed E-state index contributed by atoms with van der Waals surface area (Å²) in [7, 11) is 0. The number of carbonyl (C=O) groups is 1. The number of rotatable bonds is 1. The first kappa shape index (κ1) is 13.7. The maximum absolute atomic E-state index is 12.1. The predicted octanol–water partition coefficient (Wildman–Crippen LogP) is 2.57. The minimum Gasteiger partial charge on any atom is -0.388 e. The number of likely N-dealkylation sites (tertiary alicyclic amines) is 1. The highest BCUT2D eigenvalue weighted by molar-refractivity contribution is 6.30. The van der Waals surface area contributed by atoms with Crippen molar-refractivity contribution in [2.24, 2.45) is 0 Å². The topological polar surface area (TPSA) is 52.6 Å². The van der Waals surface area contributed by atoms with Crippen LogP contribution in [0.2, 0.25) is 5.02 Å². The van der Waals surface area contributed by atoms with E-state index in [2.05, 4.69) is 5.32 Å². The summed E-state index contributed by atoms with van der Waals surface area (Å²) >= 11 is 6.09. The van der Waals surface area contributed by atoms with Crippen molar-refractivity contribution in [3.8, 4) is 0 Å². The van der Waals surface area contributed by atoms with Crippen molar-refractivity contribution >= 4 is 23.2 Å². The third-order valence-corrected chi connectivity index (χ3v) is 4.51. The maximum atomic E-state index is 12.1. The zero-order valence-electron chi connectivity index (χ0n) is 11.7. The zero-order chi connectivity index (χ0) is 14.5. The van der Waals surface area contributed by atoms with E-state index in [1.54, 1.807) is 4.90 Å². The number of nitrogens with zero attached hydrogens (tertiary/aromatic N) is 1. The van der Waals surface area contributed by atoms with E-state index in [0.29, 0.717) is 18.0 Å². The number of hydrogen-bond acceptors (Lipinski definition) is 3. The molecule has 1 saturated heterocycles. The Hall–Kier alpha value is -1.26. The van der Waals surface area contributed by atoms with Gasteiger partial charge in [-0.1, -0.05) is 11.6 Å². The van der Waals surface area contributed by atoms with E-state index in [9.17, 15) is 9.90 Å². The van der Waals surface area contributed by atoms with Gasteiger partial charge in [-0.3, -0.25) is 4.79 Å². The molecule has 1 aromatic rings. The number of fused-ring (bicyclic) bond motifs is 1. The lowest BCUT2D eigenvalue weighted by Crippen LogP contribution is -2.55. The van der Waals surface area contributed by atoms with E-state index >= 15 is 0 Å². The maximum Gasteiger partial charge on any atom is 0.223 e. The van der Waals surface area contributed by atoms with Crippen LogP contribution in [0.25, 0.3) is 0 Å². The number of benzene rings is 1. The number of aliphatic hydroxyl groups is 1. The van der Waals surface area contributed by atoms with Crippen molar-refractivity contribution < 1.29 is 9.90 Å². The highest BCUT2D eigenvalue weighted by Gasteiger charge is 2.45. The molecule has 108 valence electrons. The van der Waals surface area contributed by atoms with Crippen LogP contribution in [0, 0.1) is 0 Å². The van der Waals surface area contributed by atoms with Crippen molar-refractivity contribution in [2.75, 3.05) is 11.9 Å². The molecule has 0 bridgehead atoms. The fourth-order valence-electron chi connectivity index (χ4n) is 3.18. The molecule has 0 radical (unpaired) electrons. The van der Waals surface area contributed by atoms with Gasteiger partial charge in [-0.2, -0.15) is 0 Å². The molecule has 1 amide bonds. The van der Waals surface area contributed by atoms with E-state index in [1.165, 1.54) is 0 Å². The van der Waals surface area contributed by atoms with Gasteiger partial charge in [0.2, 0.25) is 5.91 Å². The normalized spacial score (nSPS) is 28.2. The molecule has 2 aliphatic rings. The second kappa shape index (κ2) is 4.64. The van der Waals surface area contributed by atoms with Gasteiger partial charge in [0.05, 0.1) is 11.6 Å². The summed E-state index contributed by atoms with van der Waals surface area (Å²) in [6.07, 6.45) is 0.745. The molecule has 2 atom stereocenters. The number of amides is 1. The highest BCUT2D eigenvalue weighted by Crippen LogP contribution is 2.43. The standard InChI is InChI=1S/C15H19ClN2O2/c1-15(2)14(20)13(18-7-3-4-12(18)19)10-8-9(16)5-6-11(10)17-15/h5-6,8,13-14,17,20H,3-4,7H2,1-2H3/t13-,14+/m0/s1. The van der Waals surface area contributed by atoms with Gasteiger partial charge in [-0.25, -0.2) is 0 Å². The Kier molecular flexibility index (Phi) is 3.18. The Bertz CT molecular complexity index is 559. The number of nitrogens with one attached hydrogen (secondary N) is 1. The molecule has 0 unspecified atom stereocenters. The molecule has 1 fully saturated rings. The molecule has 1 aromatic carbocycles. The first-order valence-electron chi connectivity index (χ1n) is 6.95. The van der Waals surface area contributed by atoms with Gasteiger partial charge in [-0.15, -0.1) is 0 Å². The van der Waals surface area contributed by atoms with Crippen molar-refractivity contribution in [3.05, 3.63) is 28.8 Å². The van der Waals surface area contributed by atoms with Crippen LogP contribution in [-0.2, 0) is 4.79 Å². The van der Waals surface area contributed by atoms with Crippen LogP contribution in [0.5, 0.6) is 0 Å². The Balaban J connectivity index is 2.10. The predicted molar refractivity (Wildman–Crippen MR) is 78.8 cm³/mol. The molecule has 0 aromatic heterocycles. The smallest absolute Gasteiger partial charge is 0.223 e. The largest absolute Gasteiger partial charge is 0.388 e. The second-order valence-electron chi connectivity index (χ2n) is 6.16. The minimum absolute atomic E-state index is 0.109. The fourth-order valence-corrected chi connectivity index (χ4v) is 3.36. The Morgan fingerprint density at radius 3 is 2.85 bits per heavy atom. The SMILES string of the molecule is CC1(C)Nc2ccc(Cl)cc2[C@H](N2CCCC2=O)[C@H]1O. The molecule has 2 aliphatic heterocycles. The summed E-state index contributed by atoms with van der Waals surface area (Å²) in [5.41, 5.74) is 1.35. The van der Waals surface area contributed by atoms with Crippen molar-refractivity contribution in [1.29, 1.82) is 0 Å². The molecule has 3 rings (SSSR count). The van der Waals surface area contributed by atoms with Crippen LogP contribution in [0.4, 0.5) is 5.69 Å². The Morgan fingerprint density at radius 2 is 2.20 bits per heavy atom. The van der Waals surface area contributed by atoms with E-state index in [0.717, 1.165) is 17.7 Å². The highest BCUT2D eigenvalue weighted by atomic mass is 35.5. The lowest BCUT2D eigenvalue weighted by molar-refractivity contribution is -0.133. The van der Waals surface area contributed by atoms with Crippen LogP contribution in [-0.4, -0.2) is 34.1 Å². The summed E-state index contributed by atoms with van der Waals surface area (Å²) < 4.78 is 0. The Morgan fingerprint density at radius 1 is 1.45 bits per heavy atom. The molecular weight excluding hydrogens is 276 g/mol. The molecule has 0 saturated carbocycles. The van der Waals surface area contributed by atoms with Gasteiger partial charge in [-0.05, 0) is 38.5 Å². The molecule has 4 nitrogen and oxygen atoms in total. The molecule has 2 heterocycles. The third-order valence-electron chi connectivity index (χ3n) is 4.27. The number of hydrogen-bond donors (Lipinski definition) is 2. The van der Waals surface area contributed by atoms with Gasteiger partial charge >= 0.3 is 0 Å². The number of aliphatic hydroxyl groups excluding tert-OH is 1. The summed E-state index contributed by atoms with van der Waals surface area (Å²) in [5.74, 6) is 0.109. The number of anilines is 1. The van der Waals surface area contributed by atoms with Crippen LogP contribution < -0.4 is 5.32 Å². The van der Waals surface area contributed by atoms with E-state index < -0.39 is 11.6 Å². The number of carbonyl (C=O) groups excluding carboxylic acids is 1. The molecule has 0 aliphatic carbocycles. The van der Waals surface area contributed by atoms with Crippen LogP contribution in [0.3, 0.4) is 0 Å². The first-order chi connectivity index (χ1) is 9.40. The van der Waals surface area contributed by atoms with Crippen LogP contribution >= 0.6 is 11.6 Å². The van der Waals surface area contributed by atoms with Crippen molar-refractivity contribution in [1.82, 2.24) is 4.90 Å². The lowest BCUT2D eigenvalue weighted by Gasteiger charge is -2.46. The second-order valence-corrected chi connectivity index (χ2v) is 6.60. The average molecular weight is 295 g/mol.